The molecule has 0 radical (unpaired) electrons. The Kier molecular flexibility index (Phi) is 8.52. The quantitative estimate of drug-likeness (QED) is 0.391. The fourth-order valence-corrected chi connectivity index (χ4v) is 2.53. The molecule has 0 aliphatic heterocycles. The van der Waals surface area contributed by atoms with Gasteiger partial charge >= 0.3 is 9.28 Å². The molecule has 0 bridgehead atoms. The molecule has 0 aliphatic rings. The van der Waals surface area contributed by atoms with Crippen molar-refractivity contribution in [3.63, 3.8) is 0 Å². The van der Waals surface area contributed by atoms with Crippen LogP contribution in [0.2, 0.25) is 6.04 Å². The molecule has 0 aromatic rings. The predicted molar refractivity (Wildman–Crippen MR) is 64.2 cm³/mol. The summed E-state index contributed by atoms with van der Waals surface area (Å²) in [6.07, 6.45) is 7.27. The average molecular weight is 244 g/mol. The summed E-state index contributed by atoms with van der Waals surface area (Å²) >= 11 is 0. The summed E-state index contributed by atoms with van der Waals surface area (Å²) < 4.78 is 9.95. The highest BCUT2D eigenvalue weighted by atomic mass is 28.3. The van der Waals surface area contributed by atoms with Crippen LogP contribution in [-0.4, -0.2) is 21.2 Å². The van der Waals surface area contributed by atoms with E-state index >= 15 is 0 Å². The first-order valence-electron chi connectivity index (χ1n) is 5.55. The zero-order valence-electron chi connectivity index (χ0n) is 10.2. The van der Waals surface area contributed by atoms with E-state index in [2.05, 4.69) is 6.92 Å². The molecule has 0 fully saturated rings. The highest BCUT2D eigenvalue weighted by Gasteiger charge is 2.17. The summed E-state index contributed by atoms with van der Waals surface area (Å²) in [7, 11) is -2.19. The van der Waals surface area contributed by atoms with Gasteiger partial charge in [-0.3, -0.25) is 9.59 Å². The topological polar surface area (TPSA) is 52.6 Å². The van der Waals surface area contributed by atoms with Gasteiger partial charge in [0.2, 0.25) is 0 Å². The predicted octanol–water partition coefficient (Wildman–Crippen LogP) is 2.08. The van der Waals surface area contributed by atoms with Crippen molar-refractivity contribution in [2.24, 2.45) is 0 Å². The van der Waals surface area contributed by atoms with Crippen LogP contribution in [0.5, 0.6) is 0 Å². The molecule has 92 valence electrons. The van der Waals surface area contributed by atoms with Crippen molar-refractivity contribution in [1.82, 2.24) is 0 Å². The first-order chi connectivity index (χ1) is 7.56. The van der Waals surface area contributed by atoms with Crippen molar-refractivity contribution in [3.8, 4) is 0 Å². The van der Waals surface area contributed by atoms with Gasteiger partial charge in [0.1, 0.15) is 0 Å². The van der Waals surface area contributed by atoms with E-state index in [1.165, 1.54) is 13.8 Å². The van der Waals surface area contributed by atoms with Gasteiger partial charge in [-0.05, 0) is 6.42 Å². The number of allylic oxidation sites excluding steroid dienone is 2. The molecule has 0 unspecified atom stereocenters. The Bertz CT molecular complexity index is 234. The number of hydrogen-bond acceptors (Lipinski definition) is 4. The minimum absolute atomic E-state index is 0.389. The van der Waals surface area contributed by atoms with Gasteiger partial charge in [-0.1, -0.05) is 31.9 Å². The van der Waals surface area contributed by atoms with Crippen LogP contribution in [0.25, 0.3) is 0 Å². The van der Waals surface area contributed by atoms with Crippen molar-refractivity contribution in [2.45, 2.75) is 46.1 Å². The van der Waals surface area contributed by atoms with E-state index in [1.54, 1.807) is 0 Å². The summed E-state index contributed by atoms with van der Waals surface area (Å²) in [5.74, 6) is -0.778. The second-order valence-electron chi connectivity index (χ2n) is 3.50. The maximum absolute atomic E-state index is 10.8. The van der Waals surface area contributed by atoms with Crippen molar-refractivity contribution in [1.29, 1.82) is 0 Å². The fourth-order valence-electron chi connectivity index (χ4n) is 1.14. The molecule has 0 N–H and O–H groups in total. The number of rotatable bonds is 7. The maximum Gasteiger partial charge on any atom is 0.451 e. The lowest BCUT2D eigenvalue weighted by atomic mass is 10.2. The Morgan fingerprint density at radius 2 is 1.69 bits per heavy atom. The minimum atomic E-state index is -2.19. The first-order valence-corrected chi connectivity index (χ1v) is 7.31. The van der Waals surface area contributed by atoms with E-state index in [4.69, 9.17) is 8.85 Å². The van der Waals surface area contributed by atoms with E-state index in [0.29, 0.717) is 6.04 Å². The number of hydrogen-bond donors (Lipinski definition) is 0. The van der Waals surface area contributed by atoms with E-state index in [1.807, 2.05) is 12.2 Å². The normalized spacial score (nSPS) is 10.8. The van der Waals surface area contributed by atoms with Crippen LogP contribution in [0.1, 0.15) is 40.0 Å². The second kappa shape index (κ2) is 9.15. The Morgan fingerprint density at radius 3 is 2.12 bits per heavy atom. The van der Waals surface area contributed by atoms with Gasteiger partial charge in [-0.2, -0.15) is 0 Å². The van der Waals surface area contributed by atoms with Crippen molar-refractivity contribution >= 4 is 21.2 Å². The molecule has 0 amide bonds. The van der Waals surface area contributed by atoms with E-state index in [-0.39, 0.29) is 11.9 Å². The van der Waals surface area contributed by atoms with Crippen molar-refractivity contribution in [2.75, 3.05) is 0 Å². The van der Waals surface area contributed by atoms with Gasteiger partial charge in [-0.15, -0.1) is 0 Å². The minimum Gasteiger partial charge on any atom is -0.487 e. The molecule has 5 heteroatoms. The molecule has 0 saturated carbocycles. The van der Waals surface area contributed by atoms with Crippen LogP contribution in [0.15, 0.2) is 12.2 Å². The summed E-state index contributed by atoms with van der Waals surface area (Å²) in [5.41, 5.74) is 0. The Morgan fingerprint density at radius 1 is 1.12 bits per heavy atom. The lowest BCUT2D eigenvalue weighted by Crippen LogP contribution is -2.26. The molecule has 0 saturated heterocycles. The Labute approximate surface area is 98.5 Å². The van der Waals surface area contributed by atoms with Gasteiger partial charge in [0.15, 0.2) is 0 Å². The Balaban J connectivity index is 3.95. The van der Waals surface area contributed by atoms with Gasteiger partial charge in [0, 0.05) is 19.9 Å². The second-order valence-corrected chi connectivity index (χ2v) is 5.30. The molecule has 0 aliphatic carbocycles. The Hall–Kier alpha value is -1.10. The molecule has 16 heavy (non-hydrogen) atoms. The lowest BCUT2D eigenvalue weighted by Gasteiger charge is -2.12. The molecular weight excluding hydrogens is 224 g/mol. The third-order valence-electron chi connectivity index (χ3n) is 1.81. The van der Waals surface area contributed by atoms with Crippen LogP contribution in [-0.2, 0) is 18.4 Å². The van der Waals surface area contributed by atoms with Gasteiger partial charge in [-0.25, -0.2) is 0 Å². The fraction of sp³-hybridized carbons (Fsp3) is 0.636. The zero-order chi connectivity index (χ0) is 12.4. The monoisotopic (exact) mass is 244 g/mol. The third kappa shape index (κ3) is 9.45. The number of carbonyl (C=O) groups is 2. The van der Waals surface area contributed by atoms with Gasteiger partial charge in [0.05, 0.1) is 0 Å². The highest BCUT2D eigenvalue weighted by Crippen LogP contribution is 2.02. The summed E-state index contributed by atoms with van der Waals surface area (Å²) in [5, 5.41) is 0. The molecule has 0 aromatic carbocycles. The maximum atomic E-state index is 10.8. The van der Waals surface area contributed by atoms with E-state index < -0.39 is 9.28 Å². The van der Waals surface area contributed by atoms with Gasteiger partial charge < -0.3 is 8.85 Å². The standard InChI is InChI=1S/C11H20O4Si/c1-4-5-6-7-8-9-16(14-10(2)12)15-11(3)13/h7-8,16H,4-6,9H2,1-3H3. The molecule has 0 atom stereocenters. The third-order valence-corrected chi connectivity index (χ3v) is 3.66. The lowest BCUT2D eigenvalue weighted by molar-refractivity contribution is -0.137. The number of carbonyl (C=O) groups excluding carboxylic acids is 2. The van der Waals surface area contributed by atoms with Crippen LogP contribution >= 0.6 is 0 Å². The van der Waals surface area contributed by atoms with Crippen LogP contribution in [0.3, 0.4) is 0 Å². The zero-order valence-corrected chi connectivity index (χ0v) is 11.3. The SMILES string of the molecule is CCCCC=CC[SiH](OC(C)=O)OC(C)=O. The van der Waals surface area contributed by atoms with Gasteiger partial charge in [0.25, 0.3) is 11.9 Å². The van der Waals surface area contributed by atoms with E-state index in [0.717, 1.165) is 19.3 Å². The average Bonchev–Trinajstić information content (AvgIpc) is 2.15. The van der Waals surface area contributed by atoms with Crippen molar-refractivity contribution in [3.05, 3.63) is 12.2 Å². The summed E-state index contributed by atoms with van der Waals surface area (Å²) in [4.78, 5) is 21.5. The molecule has 4 nitrogen and oxygen atoms in total. The van der Waals surface area contributed by atoms with Crippen LogP contribution < -0.4 is 0 Å². The van der Waals surface area contributed by atoms with Crippen molar-refractivity contribution < 1.29 is 18.4 Å². The molecule has 0 spiro atoms. The smallest absolute Gasteiger partial charge is 0.451 e. The number of unbranched alkanes of at least 4 members (excludes halogenated alkanes) is 2. The molecular formula is C11H20O4Si. The van der Waals surface area contributed by atoms with Crippen LogP contribution in [0.4, 0.5) is 0 Å². The highest BCUT2D eigenvalue weighted by molar-refractivity contribution is 6.49. The van der Waals surface area contributed by atoms with Crippen LogP contribution in [0, 0.1) is 0 Å². The summed E-state index contributed by atoms with van der Waals surface area (Å²) in [6.45, 7) is 4.78. The molecule has 0 heterocycles. The molecule has 0 aromatic heterocycles. The molecule has 0 rings (SSSR count). The van der Waals surface area contributed by atoms with E-state index in [9.17, 15) is 9.59 Å². The largest absolute Gasteiger partial charge is 0.487 e. The summed E-state index contributed by atoms with van der Waals surface area (Å²) in [6, 6.07) is 0.545. The first kappa shape index (κ1) is 14.9.